The zero-order valence-corrected chi connectivity index (χ0v) is 21.5. The molecule has 1 saturated heterocycles. The van der Waals surface area contributed by atoms with Crippen LogP contribution in [0.2, 0.25) is 0 Å². The normalized spacial score (nSPS) is 14.8. The molecule has 1 aromatic heterocycles. The van der Waals surface area contributed by atoms with Crippen LogP contribution in [0.25, 0.3) is 21.7 Å². The number of carbonyl (C=O) groups is 2. The van der Waals surface area contributed by atoms with Gasteiger partial charge in [-0.25, -0.2) is 14.8 Å². The number of benzene rings is 2. The Bertz CT molecular complexity index is 1150. The van der Waals surface area contributed by atoms with E-state index in [2.05, 4.69) is 0 Å². The number of methoxy groups -OCH3 is 3. The Labute approximate surface area is 213 Å². The number of ether oxygens (including phenoxy) is 3. The number of aromatic nitrogens is 1. The minimum Gasteiger partial charge on any atom is -0.497 e. The van der Waals surface area contributed by atoms with E-state index in [0.29, 0.717) is 22.9 Å². The highest BCUT2D eigenvalue weighted by atomic mass is 32.1. The van der Waals surface area contributed by atoms with Crippen LogP contribution in [0.5, 0.6) is 11.5 Å². The van der Waals surface area contributed by atoms with Crippen LogP contribution in [-0.2, 0) is 14.9 Å². The third-order valence-corrected chi connectivity index (χ3v) is 7.80. The molecule has 0 unspecified atom stereocenters. The van der Waals surface area contributed by atoms with E-state index in [1.165, 1.54) is 30.4 Å². The Kier molecular flexibility index (Phi) is 7.46. The summed E-state index contributed by atoms with van der Waals surface area (Å²) in [5, 5.41) is 10.8. The third-order valence-electron chi connectivity index (χ3n) is 6.49. The number of rotatable bonds is 6. The van der Waals surface area contributed by atoms with Crippen LogP contribution in [0.4, 0.5) is 4.79 Å². The van der Waals surface area contributed by atoms with Gasteiger partial charge in [0.05, 0.1) is 31.9 Å². The largest absolute Gasteiger partial charge is 0.497 e. The van der Waals surface area contributed by atoms with Crippen LogP contribution < -0.4 is 9.47 Å². The maximum absolute atomic E-state index is 13.2. The van der Waals surface area contributed by atoms with Gasteiger partial charge in [0.25, 0.3) is 0 Å². The lowest BCUT2D eigenvalue weighted by Crippen LogP contribution is -2.51. The number of amides is 2. The number of piperidine rings is 1. The van der Waals surface area contributed by atoms with Gasteiger partial charge in [0.15, 0.2) is 0 Å². The summed E-state index contributed by atoms with van der Waals surface area (Å²) in [5.41, 5.74) is 1.58. The minimum atomic E-state index is -1.00. The van der Waals surface area contributed by atoms with E-state index in [1.54, 1.807) is 14.2 Å². The van der Waals surface area contributed by atoms with Crippen molar-refractivity contribution < 1.29 is 29.0 Å². The number of hydroxylamine groups is 2. The predicted molar refractivity (Wildman–Crippen MR) is 136 cm³/mol. The second-order valence-electron chi connectivity index (χ2n) is 8.52. The van der Waals surface area contributed by atoms with Crippen LogP contribution in [0.3, 0.4) is 0 Å². The monoisotopic (exact) mass is 511 g/mol. The fourth-order valence-electron chi connectivity index (χ4n) is 4.39. The molecule has 0 spiro atoms. The number of esters is 1. The summed E-state index contributed by atoms with van der Waals surface area (Å²) in [6.07, 6.45) is 0.660. The first-order valence-electron chi connectivity index (χ1n) is 11.4. The second-order valence-corrected chi connectivity index (χ2v) is 9.52. The molecule has 2 heterocycles. The van der Waals surface area contributed by atoms with Gasteiger partial charge in [0.2, 0.25) is 0 Å². The summed E-state index contributed by atoms with van der Waals surface area (Å²) in [6.45, 7) is 0.572. The summed E-state index contributed by atoms with van der Waals surface area (Å²) in [4.78, 5) is 32.9. The van der Waals surface area contributed by atoms with Crippen molar-refractivity contribution in [2.75, 3.05) is 41.5 Å². The van der Waals surface area contributed by atoms with Gasteiger partial charge in [0.1, 0.15) is 21.9 Å². The number of likely N-dealkylation sites (tertiary alicyclic amines) is 1. The van der Waals surface area contributed by atoms with E-state index in [-0.39, 0.29) is 19.1 Å². The highest BCUT2D eigenvalue weighted by Gasteiger charge is 2.48. The summed E-state index contributed by atoms with van der Waals surface area (Å²) in [5.74, 6) is 1.09. The Morgan fingerprint density at radius 1 is 0.944 bits per heavy atom. The van der Waals surface area contributed by atoms with Crippen molar-refractivity contribution >= 4 is 23.3 Å². The zero-order chi connectivity index (χ0) is 25.9. The molecule has 0 aliphatic carbocycles. The third kappa shape index (κ3) is 4.74. The lowest BCUT2D eigenvalue weighted by Gasteiger charge is -2.38. The van der Waals surface area contributed by atoms with Crippen molar-refractivity contribution in [1.29, 1.82) is 0 Å². The number of urea groups is 1. The SMILES string of the molecule is COC(=O)C1(c2nc(-c3ccc(OC)cc3)c(-c3ccc(OC)cc3)s2)CCN(C(=O)N(C)O)CC1. The van der Waals surface area contributed by atoms with Gasteiger partial charge in [-0.15, -0.1) is 11.3 Å². The van der Waals surface area contributed by atoms with Crippen LogP contribution in [0.1, 0.15) is 17.8 Å². The van der Waals surface area contributed by atoms with Gasteiger partial charge < -0.3 is 19.1 Å². The number of nitrogens with zero attached hydrogens (tertiary/aromatic N) is 3. The first-order valence-corrected chi connectivity index (χ1v) is 12.2. The van der Waals surface area contributed by atoms with E-state index in [4.69, 9.17) is 19.2 Å². The van der Waals surface area contributed by atoms with Crippen molar-refractivity contribution in [2.24, 2.45) is 0 Å². The number of thiazole rings is 1. The van der Waals surface area contributed by atoms with E-state index >= 15 is 0 Å². The first kappa shape index (κ1) is 25.5. The molecule has 1 fully saturated rings. The zero-order valence-electron chi connectivity index (χ0n) is 20.7. The van der Waals surface area contributed by atoms with Gasteiger partial charge in [-0.05, 0) is 66.9 Å². The Morgan fingerprint density at radius 2 is 1.47 bits per heavy atom. The predicted octanol–water partition coefficient (Wildman–Crippen LogP) is 4.44. The average Bonchev–Trinajstić information content (AvgIpc) is 3.38. The molecule has 3 aromatic rings. The molecule has 0 atom stereocenters. The fraction of sp³-hybridized carbons (Fsp3) is 0.346. The molecule has 2 aromatic carbocycles. The van der Waals surface area contributed by atoms with Gasteiger partial charge in [-0.2, -0.15) is 0 Å². The van der Waals surface area contributed by atoms with E-state index < -0.39 is 11.4 Å². The van der Waals surface area contributed by atoms with Crippen molar-refractivity contribution in [2.45, 2.75) is 18.3 Å². The molecule has 1 aliphatic heterocycles. The highest BCUT2D eigenvalue weighted by Crippen LogP contribution is 2.45. The lowest BCUT2D eigenvalue weighted by atomic mass is 9.79. The summed E-state index contributed by atoms with van der Waals surface area (Å²) in [6, 6.07) is 14.8. The molecule has 10 heteroatoms. The molecule has 0 radical (unpaired) electrons. The topological polar surface area (TPSA) is 101 Å². The minimum absolute atomic E-state index is 0.286. The van der Waals surface area contributed by atoms with Crippen molar-refractivity contribution in [3.05, 3.63) is 53.5 Å². The second kappa shape index (κ2) is 10.5. The van der Waals surface area contributed by atoms with E-state index in [9.17, 15) is 14.8 Å². The molecule has 0 bridgehead atoms. The van der Waals surface area contributed by atoms with Crippen LogP contribution in [0.15, 0.2) is 48.5 Å². The Hall–Kier alpha value is -3.63. The molecule has 0 saturated carbocycles. The molecule has 9 nitrogen and oxygen atoms in total. The van der Waals surface area contributed by atoms with Crippen LogP contribution in [0, 0.1) is 0 Å². The maximum atomic E-state index is 13.2. The lowest BCUT2D eigenvalue weighted by molar-refractivity contribution is -0.149. The maximum Gasteiger partial charge on any atom is 0.343 e. The summed E-state index contributed by atoms with van der Waals surface area (Å²) in [7, 11) is 5.89. The van der Waals surface area contributed by atoms with E-state index in [0.717, 1.165) is 33.2 Å². The first-order chi connectivity index (χ1) is 17.3. The standard InChI is InChI=1S/C26H29N3O6S/c1-28(32)25(31)29-15-13-26(14-16-29,24(30)35-4)23-27-21(17-5-9-19(33-2)10-6-17)22(36-23)18-7-11-20(34-3)12-8-18/h5-12,32H,13-16H2,1-4H3. The molecular weight excluding hydrogens is 482 g/mol. The molecule has 4 rings (SSSR count). The summed E-state index contributed by atoms with van der Waals surface area (Å²) < 4.78 is 15.9. The quantitative estimate of drug-likeness (QED) is 0.297. The fourth-order valence-corrected chi connectivity index (χ4v) is 5.72. The van der Waals surface area contributed by atoms with Crippen LogP contribution in [-0.4, -0.2) is 73.6 Å². The number of hydrogen-bond acceptors (Lipinski definition) is 8. The molecule has 1 aliphatic rings. The van der Waals surface area contributed by atoms with Gasteiger partial charge >= 0.3 is 12.0 Å². The van der Waals surface area contributed by atoms with E-state index in [1.807, 2.05) is 48.5 Å². The van der Waals surface area contributed by atoms with Crippen molar-refractivity contribution in [3.63, 3.8) is 0 Å². The molecule has 1 N–H and O–H groups in total. The smallest absolute Gasteiger partial charge is 0.343 e. The number of carbonyl (C=O) groups excluding carboxylic acids is 2. The van der Waals surface area contributed by atoms with Gasteiger partial charge in [-0.1, -0.05) is 0 Å². The van der Waals surface area contributed by atoms with Crippen LogP contribution >= 0.6 is 11.3 Å². The Balaban J connectivity index is 1.80. The highest BCUT2D eigenvalue weighted by molar-refractivity contribution is 7.16. The van der Waals surface area contributed by atoms with Gasteiger partial charge in [-0.3, -0.25) is 10.0 Å². The number of hydrogen-bond donors (Lipinski definition) is 1. The van der Waals surface area contributed by atoms with Gasteiger partial charge in [0, 0.05) is 25.7 Å². The Morgan fingerprint density at radius 3 is 1.94 bits per heavy atom. The van der Waals surface area contributed by atoms with Crippen molar-refractivity contribution in [1.82, 2.24) is 14.9 Å². The molecule has 36 heavy (non-hydrogen) atoms. The summed E-state index contributed by atoms with van der Waals surface area (Å²) >= 11 is 1.45. The molecule has 190 valence electrons. The van der Waals surface area contributed by atoms with Crippen molar-refractivity contribution in [3.8, 4) is 33.2 Å². The molecular formula is C26H29N3O6S. The molecule has 2 amide bonds. The average molecular weight is 512 g/mol.